The average molecular weight is 307 g/mol. The maximum atomic E-state index is 3.64. The van der Waals surface area contributed by atoms with Crippen molar-refractivity contribution in [2.24, 2.45) is 0 Å². The van der Waals surface area contributed by atoms with E-state index in [4.69, 9.17) is 0 Å². The normalized spacial score (nSPS) is 20.3. The molecule has 0 atom stereocenters. The van der Waals surface area contributed by atoms with Gasteiger partial charge in [-0.25, -0.2) is 0 Å². The van der Waals surface area contributed by atoms with Gasteiger partial charge < -0.3 is 5.32 Å². The number of thiophene rings is 1. The Labute approximate surface area is 133 Å². The summed E-state index contributed by atoms with van der Waals surface area (Å²) in [7, 11) is 0. The van der Waals surface area contributed by atoms with E-state index in [1.807, 2.05) is 11.3 Å². The Morgan fingerprint density at radius 3 is 2.62 bits per heavy atom. The molecule has 1 N–H and O–H groups in total. The molecule has 1 aromatic heterocycles. The molecule has 0 bridgehead atoms. The summed E-state index contributed by atoms with van der Waals surface area (Å²) in [5.74, 6) is 0. The van der Waals surface area contributed by atoms with Crippen LogP contribution >= 0.6 is 11.3 Å². The van der Waals surface area contributed by atoms with E-state index in [1.54, 1.807) is 5.56 Å². The lowest BCUT2D eigenvalue weighted by Gasteiger charge is -2.33. The second kappa shape index (κ2) is 7.26. The first-order chi connectivity index (χ1) is 10.3. The predicted molar refractivity (Wildman–Crippen MR) is 91.9 cm³/mol. The lowest BCUT2D eigenvalue weighted by atomic mass is 9.94. The van der Waals surface area contributed by atoms with Gasteiger partial charge in [-0.1, -0.05) is 26.2 Å². The summed E-state index contributed by atoms with van der Waals surface area (Å²) in [6.07, 6.45) is 9.88. The van der Waals surface area contributed by atoms with Crippen LogP contribution in [0.2, 0.25) is 0 Å². The first kappa shape index (κ1) is 15.5. The monoisotopic (exact) mass is 306 g/mol. The molecular weight excluding hydrogens is 276 g/mol. The predicted octanol–water partition coefficient (Wildman–Crippen LogP) is 4.46. The van der Waals surface area contributed by atoms with Gasteiger partial charge in [0.2, 0.25) is 0 Å². The van der Waals surface area contributed by atoms with Gasteiger partial charge in [0, 0.05) is 34.9 Å². The molecule has 3 heteroatoms. The summed E-state index contributed by atoms with van der Waals surface area (Å²) in [6, 6.07) is 4.10. The molecule has 0 saturated heterocycles. The first-order valence-corrected chi connectivity index (χ1v) is 9.63. The topological polar surface area (TPSA) is 15.3 Å². The molecule has 0 aliphatic heterocycles. The van der Waals surface area contributed by atoms with E-state index in [9.17, 15) is 0 Å². The molecule has 3 rings (SSSR count). The number of nitrogens with zero attached hydrogens (tertiary/aromatic N) is 1. The van der Waals surface area contributed by atoms with E-state index >= 15 is 0 Å². The fourth-order valence-electron chi connectivity index (χ4n) is 3.53. The molecule has 0 aromatic carbocycles. The minimum atomic E-state index is 0.810. The van der Waals surface area contributed by atoms with Crippen molar-refractivity contribution in [3.05, 3.63) is 21.4 Å². The third-order valence-corrected chi connectivity index (χ3v) is 6.18. The highest BCUT2D eigenvalue weighted by molar-refractivity contribution is 7.12. The zero-order valence-corrected chi connectivity index (χ0v) is 14.5. The van der Waals surface area contributed by atoms with Crippen LogP contribution in [0.5, 0.6) is 0 Å². The number of aryl methyl sites for hydroxylation is 1. The molecule has 2 saturated carbocycles. The molecule has 1 heterocycles. The van der Waals surface area contributed by atoms with Gasteiger partial charge in [0.1, 0.15) is 0 Å². The standard InChI is InChI=1S/C18H30N2S/c1-3-20(17-7-5-4-6-8-17)13-15-11-18(21-14(15)2)12-19-16-9-10-16/h11,16-17,19H,3-10,12-13H2,1-2H3. The SMILES string of the molecule is CCN(Cc1cc(CNC2CC2)sc1C)C1CCCCC1. The Morgan fingerprint density at radius 1 is 1.19 bits per heavy atom. The molecule has 21 heavy (non-hydrogen) atoms. The maximum Gasteiger partial charge on any atom is 0.0302 e. The van der Waals surface area contributed by atoms with Crippen LogP contribution in [0, 0.1) is 6.92 Å². The highest BCUT2D eigenvalue weighted by atomic mass is 32.1. The van der Waals surface area contributed by atoms with Gasteiger partial charge in [0.25, 0.3) is 0 Å². The quantitative estimate of drug-likeness (QED) is 0.800. The van der Waals surface area contributed by atoms with E-state index in [0.29, 0.717) is 0 Å². The molecule has 0 radical (unpaired) electrons. The van der Waals surface area contributed by atoms with Gasteiger partial charge in [0.15, 0.2) is 0 Å². The van der Waals surface area contributed by atoms with E-state index in [1.165, 1.54) is 61.2 Å². The lowest BCUT2D eigenvalue weighted by molar-refractivity contribution is 0.156. The molecule has 1 aromatic rings. The van der Waals surface area contributed by atoms with Gasteiger partial charge in [-0.05, 0) is 50.8 Å². The fourth-order valence-corrected chi connectivity index (χ4v) is 4.53. The van der Waals surface area contributed by atoms with Crippen molar-refractivity contribution < 1.29 is 0 Å². The van der Waals surface area contributed by atoms with Crippen molar-refractivity contribution >= 4 is 11.3 Å². The van der Waals surface area contributed by atoms with Crippen molar-refractivity contribution in [3.63, 3.8) is 0 Å². The van der Waals surface area contributed by atoms with Crippen LogP contribution in [0.3, 0.4) is 0 Å². The molecule has 2 aliphatic rings. The zero-order chi connectivity index (χ0) is 14.7. The lowest BCUT2D eigenvalue weighted by Crippen LogP contribution is -2.36. The summed E-state index contributed by atoms with van der Waals surface area (Å²) in [5, 5.41) is 3.64. The van der Waals surface area contributed by atoms with Crippen LogP contribution in [0.15, 0.2) is 6.07 Å². The molecule has 0 spiro atoms. The van der Waals surface area contributed by atoms with E-state index in [2.05, 4.69) is 30.1 Å². The number of nitrogens with one attached hydrogen (secondary N) is 1. The molecule has 2 nitrogen and oxygen atoms in total. The van der Waals surface area contributed by atoms with Gasteiger partial charge >= 0.3 is 0 Å². The Morgan fingerprint density at radius 2 is 1.95 bits per heavy atom. The average Bonchev–Trinajstić information content (AvgIpc) is 3.28. The van der Waals surface area contributed by atoms with Crippen LogP contribution in [0.25, 0.3) is 0 Å². The summed E-state index contributed by atoms with van der Waals surface area (Å²) >= 11 is 1.99. The number of rotatable bonds is 7. The van der Waals surface area contributed by atoms with Gasteiger partial charge in [-0.3, -0.25) is 4.90 Å². The fraction of sp³-hybridized carbons (Fsp3) is 0.778. The second-order valence-electron chi connectivity index (χ2n) is 6.80. The highest BCUT2D eigenvalue weighted by Crippen LogP contribution is 2.28. The summed E-state index contributed by atoms with van der Waals surface area (Å²) in [6.45, 7) is 8.05. The minimum Gasteiger partial charge on any atom is -0.309 e. The number of hydrogen-bond donors (Lipinski definition) is 1. The zero-order valence-electron chi connectivity index (χ0n) is 13.7. The van der Waals surface area contributed by atoms with Crippen LogP contribution < -0.4 is 5.32 Å². The van der Waals surface area contributed by atoms with Crippen LogP contribution in [-0.2, 0) is 13.1 Å². The molecule has 0 amide bonds. The molecule has 2 fully saturated rings. The van der Waals surface area contributed by atoms with E-state index in [-0.39, 0.29) is 0 Å². The maximum absolute atomic E-state index is 3.64. The second-order valence-corrected chi connectivity index (χ2v) is 8.15. The Bertz CT molecular complexity index is 444. The van der Waals surface area contributed by atoms with E-state index in [0.717, 1.165) is 25.2 Å². The van der Waals surface area contributed by atoms with Crippen molar-refractivity contribution in [2.45, 2.75) is 84.0 Å². The smallest absolute Gasteiger partial charge is 0.0302 e. The first-order valence-electron chi connectivity index (χ1n) is 8.82. The van der Waals surface area contributed by atoms with Crippen LogP contribution in [0.1, 0.15) is 67.2 Å². The van der Waals surface area contributed by atoms with Crippen molar-refractivity contribution in [2.75, 3.05) is 6.54 Å². The summed E-state index contributed by atoms with van der Waals surface area (Å²) < 4.78 is 0. The molecule has 0 unspecified atom stereocenters. The molecular formula is C18H30N2S. The Balaban J connectivity index is 1.58. The van der Waals surface area contributed by atoms with E-state index < -0.39 is 0 Å². The molecule has 2 aliphatic carbocycles. The summed E-state index contributed by atoms with van der Waals surface area (Å²) in [4.78, 5) is 5.76. The Hall–Kier alpha value is -0.380. The Kier molecular flexibility index (Phi) is 5.36. The third-order valence-electron chi connectivity index (χ3n) is 5.08. The van der Waals surface area contributed by atoms with Crippen molar-refractivity contribution in [3.8, 4) is 0 Å². The minimum absolute atomic E-state index is 0.810. The highest BCUT2D eigenvalue weighted by Gasteiger charge is 2.22. The van der Waals surface area contributed by atoms with Gasteiger partial charge in [-0.2, -0.15) is 0 Å². The van der Waals surface area contributed by atoms with Crippen LogP contribution in [-0.4, -0.2) is 23.5 Å². The van der Waals surface area contributed by atoms with Gasteiger partial charge in [-0.15, -0.1) is 11.3 Å². The van der Waals surface area contributed by atoms with Crippen molar-refractivity contribution in [1.29, 1.82) is 0 Å². The largest absolute Gasteiger partial charge is 0.309 e. The van der Waals surface area contributed by atoms with Gasteiger partial charge in [0.05, 0.1) is 0 Å². The summed E-state index contributed by atoms with van der Waals surface area (Å²) in [5.41, 5.74) is 1.57. The number of hydrogen-bond acceptors (Lipinski definition) is 3. The van der Waals surface area contributed by atoms with Crippen molar-refractivity contribution in [1.82, 2.24) is 10.2 Å². The third kappa shape index (κ3) is 4.30. The molecule has 118 valence electrons. The van der Waals surface area contributed by atoms with Crippen LogP contribution in [0.4, 0.5) is 0 Å².